The van der Waals surface area contributed by atoms with E-state index in [1.165, 1.54) is 0 Å². The molecule has 3 nitrogen and oxygen atoms in total. The average molecular weight is 177 g/mol. The highest BCUT2D eigenvalue weighted by atomic mass is 32.2. The van der Waals surface area contributed by atoms with Crippen LogP contribution in [0.4, 0.5) is 0 Å². The normalized spacial score (nSPS) is 42.6. The van der Waals surface area contributed by atoms with Crippen LogP contribution in [0.2, 0.25) is 0 Å². The predicted octanol–water partition coefficient (Wildman–Crippen LogP) is 0.301. The molecular weight excluding hydrogens is 162 g/mol. The van der Waals surface area contributed by atoms with Gasteiger partial charge in [0.1, 0.15) is 0 Å². The molecule has 2 unspecified atom stereocenters. The first kappa shape index (κ1) is 9.00. The van der Waals surface area contributed by atoms with Crippen molar-refractivity contribution >= 4 is 9.84 Å². The summed E-state index contributed by atoms with van der Waals surface area (Å²) in [4.78, 5) is 0. The molecule has 2 N–H and O–H groups in total. The molecule has 66 valence electrons. The summed E-state index contributed by atoms with van der Waals surface area (Å²) in [5, 5.41) is 0. The second kappa shape index (κ2) is 2.45. The first-order chi connectivity index (χ1) is 4.91. The van der Waals surface area contributed by atoms with Crippen molar-refractivity contribution < 1.29 is 8.42 Å². The number of nitrogens with two attached hydrogens (primary N) is 1. The van der Waals surface area contributed by atoms with E-state index >= 15 is 0 Å². The van der Waals surface area contributed by atoms with Crippen LogP contribution in [0.15, 0.2) is 0 Å². The first-order valence-electron chi connectivity index (χ1n) is 3.89. The molecule has 4 heteroatoms. The largest absolute Gasteiger partial charge is 0.327 e. The van der Waals surface area contributed by atoms with Crippen molar-refractivity contribution in [3.8, 4) is 0 Å². The third kappa shape index (κ3) is 1.29. The molecule has 1 heterocycles. The van der Waals surface area contributed by atoms with Gasteiger partial charge in [0, 0.05) is 6.04 Å². The zero-order valence-electron chi connectivity index (χ0n) is 7.00. The fourth-order valence-electron chi connectivity index (χ4n) is 1.59. The molecule has 1 saturated heterocycles. The Hall–Kier alpha value is -0.0900. The highest BCUT2D eigenvalue weighted by molar-refractivity contribution is 7.93. The van der Waals surface area contributed by atoms with Crippen LogP contribution in [0.3, 0.4) is 0 Å². The fraction of sp³-hybridized carbons (Fsp3) is 1.00. The van der Waals surface area contributed by atoms with Crippen molar-refractivity contribution in [1.29, 1.82) is 0 Å². The van der Waals surface area contributed by atoms with Crippen LogP contribution in [0.5, 0.6) is 0 Å². The summed E-state index contributed by atoms with van der Waals surface area (Å²) >= 11 is 0. The summed E-state index contributed by atoms with van der Waals surface area (Å²) in [6.07, 6.45) is 1.29. The molecule has 0 aromatic carbocycles. The molecule has 0 aromatic rings. The third-order valence-electron chi connectivity index (χ3n) is 2.63. The lowest BCUT2D eigenvalue weighted by Gasteiger charge is -2.19. The maximum atomic E-state index is 11.4. The van der Waals surface area contributed by atoms with Gasteiger partial charge >= 0.3 is 0 Å². The third-order valence-corrected chi connectivity index (χ3v) is 5.45. The molecular formula is C7H15NO2S. The van der Waals surface area contributed by atoms with E-state index in [0.29, 0.717) is 12.8 Å². The van der Waals surface area contributed by atoms with Crippen molar-refractivity contribution in [2.24, 2.45) is 5.73 Å². The Labute approximate surface area is 67.9 Å². The lowest BCUT2D eigenvalue weighted by molar-refractivity contribution is 0.509. The van der Waals surface area contributed by atoms with Gasteiger partial charge in [0.25, 0.3) is 0 Å². The molecule has 0 bridgehead atoms. The zero-order valence-corrected chi connectivity index (χ0v) is 7.82. The van der Waals surface area contributed by atoms with Gasteiger partial charge in [-0.2, -0.15) is 0 Å². The van der Waals surface area contributed by atoms with Gasteiger partial charge in [-0.3, -0.25) is 0 Å². The summed E-state index contributed by atoms with van der Waals surface area (Å²) in [7, 11) is -2.91. The number of sulfone groups is 1. The standard InChI is InChI=1S/C7H15NO2S/c1-3-7(2)4-6(8)5-11(7,9)10/h6H,3-5,8H2,1-2H3. The predicted molar refractivity (Wildman–Crippen MR) is 45.1 cm³/mol. The topological polar surface area (TPSA) is 60.2 Å². The van der Waals surface area contributed by atoms with Gasteiger partial charge in [-0.1, -0.05) is 6.92 Å². The number of rotatable bonds is 1. The highest BCUT2D eigenvalue weighted by Crippen LogP contribution is 2.33. The Morgan fingerprint density at radius 3 is 2.36 bits per heavy atom. The van der Waals surface area contributed by atoms with Gasteiger partial charge in [0.05, 0.1) is 10.5 Å². The minimum absolute atomic E-state index is 0.148. The summed E-state index contributed by atoms with van der Waals surface area (Å²) in [5.41, 5.74) is 5.58. The summed E-state index contributed by atoms with van der Waals surface area (Å²) in [5.74, 6) is 0.164. The van der Waals surface area contributed by atoms with E-state index in [-0.39, 0.29) is 11.8 Å². The van der Waals surface area contributed by atoms with E-state index in [2.05, 4.69) is 0 Å². The van der Waals surface area contributed by atoms with Gasteiger partial charge in [0.2, 0.25) is 0 Å². The van der Waals surface area contributed by atoms with Crippen LogP contribution in [-0.2, 0) is 9.84 Å². The number of hydrogen-bond donors (Lipinski definition) is 1. The molecule has 0 amide bonds. The minimum Gasteiger partial charge on any atom is -0.327 e. The molecule has 1 aliphatic heterocycles. The molecule has 1 rings (SSSR count). The summed E-state index contributed by atoms with van der Waals surface area (Å²) < 4.78 is 22.3. The Bertz CT molecular complexity index is 247. The molecule has 0 radical (unpaired) electrons. The van der Waals surface area contributed by atoms with Gasteiger partial charge in [-0.15, -0.1) is 0 Å². The minimum atomic E-state index is -2.91. The highest BCUT2D eigenvalue weighted by Gasteiger charge is 2.45. The molecule has 1 aliphatic rings. The van der Waals surface area contributed by atoms with Gasteiger partial charge in [-0.25, -0.2) is 8.42 Å². The van der Waals surface area contributed by atoms with Crippen molar-refractivity contribution in [1.82, 2.24) is 0 Å². The zero-order chi connectivity index (χ0) is 8.70. The van der Waals surface area contributed by atoms with E-state index in [1.54, 1.807) is 6.92 Å². The van der Waals surface area contributed by atoms with Crippen molar-refractivity contribution in [3.05, 3.63) is 0 Å². The van der Waals surface area contributed by atoms with Crippen LogP contribution >= 0.6 is 0 Å². The fourth-order valence-corrected chi connectivity index (χ4v) is 3.58. The van der Waals surface area contributed by atoms with E-state index in [4.69, 9.17) is 5.73 Å². The molecule has 11 heavy (non-hydrogen) atoms. The van der Waals surface area contributed by atoms with Crippen LogP contribution in [0, 0.1) is 0 Å². The molecule has 1 fully saturated rings. The summed E-state index contributed by atoms with van der Waals surface area (Å²) in [6, 6.07) is -0.148. The van der Waals surface area contributed by atoms with E-state index in [0.717, 1.165) is 0 Å². The second-order valence-corrected chi connectivity index (χ2v) is 6.10. The maximum Gasteiger partial charge on any atom is 0.157 e. The van der Waals surface area contributed by atoms with Gasteiger partial charge in [0.15, 0.2) is 9.84 Å². The van der Waals surface area contributed by atoms with Crippen LogP contribution < -0.4 is 5.73 Å². The monoisotopic (exact) mass is 177 g/mol. The van der Waals surface area contributed by atoms with Crippen LogP contribution in [0.25, 0.3) is 0 Å². The van der Waals surface area contributed by atoms with Gasteiger partial charge < -0.3 is 5.73 Å². The van der Waals surface area contributed by atoms with Crippen molar-refractivity contribution in [3.63, 3.8) is 0 Å². The first-order valence-corrected chi connectivity index (χ1v) is 5.54. The molecule has 0 saturated carbocycles. The lowest BCUT2D eigenvalue weighted by Crippen LogP contribution is -2.29. The quantitative estimate of drug-likeness (QED) is 0.626. The lowest BCUT2D eigenvalue weighted by atomic mass is 10.0. The molecule has 0 aromatic heterocycles. The molecule has 0 spiro atoms. The Balaban J connectivity index is 3.00. The average Bonchev–Trinajstić information content (AvgIpc) is 2.03. The van der Waals surface area contributed by atoms with Crippen LogP contribution in [0.1, 0.15) is 26.7 Å². The van der Waals surface area contributed by atoms with E-state index in [1.807, 2.05) is 6.92 Å². The Morgan fingerprint density at radius 1 is 1.64 bits per heavy atom. The van der Waals surface area contributed by atoms with E-state index < -0.39 is 14.6 Å². The molecule has 2 atom stereocenters. The Morgan fingerprint density at radius 2 is 2.18 bits per heavy atom. The smallest absolute Gasteiger partial charge is 0.157 e. The second-order valence-electron chi connectivity index (χ2n) is 3.55. The summed E-state index contributed by atoms with van der Waals surface area (Å²) in [6.45, 7) is 3.69. The van der Waals surface area contributed by atoms with Crippen molar-refractivity contribution in [2.75, 3.05) is 5.75 Å². The van der Waals surface area contributed by atoms with Gasteiger partial charge in [-0.05, 0) is 19.8 Å². The van der Waals surface area contributed by atoms with E-state index in [9.17, 15) is 8.42 Å². The van der Waals surface area contributed by atoms with Crippen LogP contribution in [-0.4, -0.2) is 25.0 Å². The SMILES string of the molecule is CCC1(C)CC(N)CS1(=O)=O. The maximum absolute atomic E-state index is 11.4. The Kier molecular flexibility index (Phi) is 2.01. The molecule has 0 aliphatic carbocycles. The number of hydrogen-bond acceptors (Lipinski definition) is 3. The van der Waals surface area contributed by atoms with Crippen molar-refractivity contribution in [2.45, 2.75) is 37.5 Å².